The van der Waals surface area contributed by atoms with Crippen LogP contribution in [0.15, 0.2) is 18.2 Å². The molecule has 0 fully saturated rings. The van der Waals surface area contributed by atoms with Gasteiger partial charge in [-0.2, -0.15) is 0 Å². The van der Waals surface area contributed by atoms with E-state index in [-0.39, 0.29) is 16.3 Å². The molecule has 0 aliphatic heterocycles. The molecule has 0 aliphatic rings. The van der Waals surface area contributed by atoms with Gasteiger partial charge in [0.05, 0.1) is 5.56 Å². The smallest absolute Gasteiger partial charge is 0.254 e. The number of aryl methyl sites for hydroxylation is 1. The maximum Gasteiger partial charge on any atom is 0.254 e. The van der Waals surface area contributed by atoms with Crippen LogP contribution in [0.3, 0.4) is 0 Å². The second kappa shape index (κ2) is 6.15. The summed E-state index contributed by atoms with van der Waals surface area (Å²) in [5.41, 5.74) is 0.588. The van der Waals surface area contributed by atoms with Gasteiger partial charge in [-0.05, 0) is 24.5 Å². The summed E-state index contributed by atoms with van der Waals surface area (Å²) >= 11 is 3.47. The number of alkyl halides is 1. The summed E-state index contributed by atoms with van der Waals surface area (Å²) in [7, 11) is 0. The lowest BCUT2D eigenvalue weighted by Gasteiger charge is -2.14. The predicted octanol–water partition coefficient (Wildman–Crippen LogP) is 3.28. The highest BCUT2D eigenvalue weighted by atomic mass is 79.9. The number of rotatable bonds is 4. The Balaban J connectivity index is 2.68. The van der Waals surface area contributed by atoms with Gasteiger partial charge in [-0.3, -0.25) is 4.79 Å². The molecule has 1 unspecified atom stereocenters. The van der Waals surface area contributed by atoms with Crippen LogP contribution in [-0.2, 0) is 0 Å². The van der Waals surface area contributed by atoms with E-state index in [9.17, 15) is 9.18 Å². The molecule has 1 aromatic rings. The van der Waals surface area contributed by atoms with Crippen molar-refractivity contribution in [2.75, 3.05) is 6.54 Å². The summed E-state index contributed by atoms with van der Waals surface area (Å²) in [6, 6.07) is 4.82. The first-order chi connectivity index (χ1) is 7.93. The number of amides is 1. The monoisotopic (exact) mass is 301 g/mol. The van der Waals surface area contributed by atoms with Crippen molar-refractivity contribution in [1.29, 1.82) is 0 Å². The van der Waals surface area contributed by atoms with Crippen molar-refractivity contribution in [3.63, 3.8) is 0 Å². The van der Waals surface area contributed by atoms with Crippen LogP contribution in [0.5, 0.6) is 0 Å². The fourth-order valence-corrected chi connectivity index (χ4v) is 1.51. The average Bonchev–Trinajstić information content (AvgIpc) is 2.29. The lowest BCUT2D eigenvalue weighted by atomic mass is 10.1. The van der Waals surface area contributed by atoms with E-state index < -0.39 is 5.82 Å². The Morgan fingerprint density at radius 3 is 2.71 bits per heavy atom. The molecule has 1 amide bonds. The van der Waals surface area contributed by atoms with Crippen LogP contribution in [0, 0.1) is 18.7 Å². The summed E-state index contributed by atoms with van der Waals surface area (Å²) in [6.45, 7) is 6.25. The SMILES string of the molecule is Cc1cccc(C(=O)NCC(Br)C(C)C)c1F. The van der Waals surface area contributed by atoms with Crippen LogP contribution in [0.2, 0.25) is 0 Å². The van der Waals surface area contributed by atoms with Crippen molar-refractivity contribution in [2.24, 2.45) is 5.92 Å². The molecule has 0 saturated carbocycles. The number of hydrogen-bond acceptors (Lipinski definition) is 1. The molecule has 1 N–H and O–H groups in total. The quantitative estimate of drug-likeness (QED) is 0.850. The lowest BCUT2D eigenvalue weighted by molar-refractivity contribution is 0.0948. The average molecular weight is 302 g/mol. The van der Waals surface area contributed by atoms with Crippen LogP contribution in [0.25, 0.3) is 0 Å². The molecule has 0 bridgehead atoms. The number of hydrogen-bond donors (Lipinski definition) is 1. The van der Waals surface area contributed by atoms with E-state index in [0.29, 0.717) is 18.0 Å². The minimum Gasteiger partial charge on any atom is -0.351 e. The highest BCUT2D eigenvalue weighted by Gasteiger charge is 2.15. The first kappa shape index (κ1) is 14.2. The van der Waals surface area contributed by atoms with Gasteiger partial charge in [0.25, 0.3) is 5.91 Å². The van der Waals surface area contributed by atoms with Crippen LogP contribution in [-0.4, -0.2) is 17.3 Å². The third-order valence-corrected chi connectivity index (χ3v) is 4.00. The van der Waals surface area contributed by atoms with Gasteiger partial charge < -0.3 is 5.32 Å². The normalized spacial score (nSPS) is 12.6. The topological polar surface area (TPSA) is 29.1 Å². The fraction of sp³-hybridized carbons (Fsp3) is 0.462. The van der Waals surface area contributed by atoms with Gasteiger partial charge in [-0.15, -0.1) is 0 Å². The molecule has 1 atom stereocenters. The van der Waals surface area contributed by atoms with Gasteiger partial charge >= 0.3 is 0 Å². The van der Waals surface area contributed by atoms with Crippen molar-refractivity contribution in [1.82, 2.24) is 5.32 Å². The minimum atomic E-state index is -0.444. The van der Waals surface area contributed by atoms with Crippen molar-refractivity contribution in [3.8, 4) is 0 Å². The molecule has 1 aromatic carbocycles. The van der Waals surface area contributed by atoms with Gasteiger partial charge in [-0.25, -0.2) is 4.39 Å². The summed E-state index contributed by atoms with van der Waals surface area (Å²) < 4.78 is 13.7. The highest BCUT2D eigenvalue weighted by Crippen LogP contribution is 2.13. The molecule has 4 heteroatoms. The Morgan fingerprint density at radius 1 is 1.47 bits per heavy atom. The number of benzene rings is 1. The molecular formula is C13H17BrFNO. The molecule has 0 radical (unpaired) electrons. The van der Waals surface area contributed by atoms with Crippen molar-refractivity contribution in [3.05, 3.63) is 35.1 Å². The van der Waals surface area contributed by atoms with Crippen LogP contribution < -0.4 is 5.32 Å². The Bertz CT molecular complexity index is 406. The maximum absolute atomic E-state index is 13.7. The zero-order valence-corrected chi connectivity index (χ0v) is 11.8. The van der Waals surface area contributed by atoms with E-state index in [1.54, 1.807) is 19.1 Å². The fourth-order valence-electron chi connectivity index (χ4n) is 1.34. The molecule has 0 saturated heterocycles. The second-order valence-electron chi connectivity index (χ2n) is 4.41. The first-order valence-corrected chi connectivity index (χ1v) is 6.52. The van der Waals surface area contributed by atoms with E-state index >= 15 is 0 Å². The summed E-state index contributed by atoms with van der Waals surface area (Å²) in [6.07, 6.45) is 0. The number of halogens is 2. The van der Waals surface area contributed by atoms with Gasteiger partial charge in [0, 0.05) is 11.4 Å². The Labute approximate surface area is 110 Å². The Hall–Kier alpha value is -0.900. The van der Waals surface area contributed by atoms with E-state index in [1.165, 1.54) is 6.07 Å². The number of carbonyl (C=O) groups is 1. The zero-order valence-electron chi connectivity index (χ0n) is 10.3. The van der Waals surface area contributed by atoms with E-state index in [1.807, 2.05) is 0 Å². The molecule has 0 heterocycles. The first-order valence-electron chi connectivity index (χ1n) is 5.61. The van der Waals surface area contributed by atoms with Gasteiger partial charge in [-0.1, -0.05) is 41.9 Å². The Kier molecular flexibility index (Phi) is 5.12. The van der Waals surface area contributed by atoms with Crippen LogP contribution >= 0.6 is 15.9 Å². The molecule has 2 nitrogen and oxygen atoms in total. The third-order valence-electron chi connectivity index (χ3n) is 2.62. The van der Waals surface area contributed by atoms with E-state index in [0.717, 1.165) is 0 Å². The Morgan fingerprint density at radius 2 is 2.12 bits per heavy atom. The van der Waals surface area contributed by atoms with Crippen molar-refractivity contribution < 1.29 is 9.18 Å². The summed E-state index contributed by atoms with van der Waals surface area (Å²) in [5, 5.41) is 2.72. The molecular weight excluding hydrogens is 285 g/mol. The standard InChI is InChI=1S/C13H17BrFNO/c1-8(2)11(14)7-16-13(17)10-6-4-5-9(3)12(10)15/h4-6,8,11H,7H2,1-3H3,(H,16,17). The summed E-state index contributed by atoms with van der Waals surface area (Å²) in [5.74, 6) is -0.394. The van der Waals surface area contributed by atoms with Crippen LogP contribution in [0.4, 0.5) is 4.39 Å². The summed E-state index contributed by atoms with van der Waals surface area (Å²) in [4.78, 5) is 12.0. The van der Waals surface area contributed by atoms with Crippen molar-refractivity contribution >= 4 is 21.8 Å². The van der Waals surface area contributed by atoms with E-state index in [2.05, 4.69) is 35.1 Å². The maximum atomic E-state index is 13.7. The largest absolute Gasteiger partial charge is 0.351 e. The molecule has 0 spiro atoms. The molecule has 1 rings (SSSR count). The second-order valence-corrected chi connectivity index (χ2v) is 5.58. The lowest BCUT2D eigenvalue weighted by Crippen LogP contribution is -2.32. The van der Waals surface area contributed by atoms with Crippen molar-refractivity contribution in [2.45, 2.75) is 25.6 Å². The molecule has 17 heavy (non-hydrogen) atoms. The van der Waals surface area contributed by atoms with Gasteiger partial charge in [0.2, 0.25) is 0 Å². The predicted molar refractivity (Wildman–Crippen MR) is 71.0 cm³/mol. The van der Waals surface area contributed by atoms with Gasteiger partial charge in [0.1, 0.15) is 5.82 Å². The number of nitrogens with one attached hydrogen (secondary N) is 1. The van der Waals surface area contributed by atoms with Crippen LogP contribution in [0.1, 0.15) is 29.8 Å². The number of carbonyl (C=O) groups excluding carboxylic acids is 1. The minimum absolute atomic E-state index is 0.105. The highest BCUT2D eigenvalue weighted by molar-refractivity contribution is 9.09. The third kappa shape index (κ3) is 3.80. The van der Waals surface area contributed by atoms with E-state index in [4.69, 9.17) is 0 Å². The zero-order chi connectivity index (χ0) is 13.0. The van der Waals surface area contributed by atoms with Gasteiger partial charge in [0.15, 0.2) is 0 Å². The molecule has 0 aromatic heterocycles. The molecule has 94 valence electrons. The molecule has 0 aliphatic carbocycles.